The van der Waals surface area contributed by atoms with E-state index < -0.39 is 73.9 Å². The van der Waals surface area contributed by atoms with Gasteiger partial charge >= 0.3 is 73.9 Å². The molecule has 0 saturated heterocycles. The minimum Gasteiger partial charge on any atom is -0.450 e. The van der Waals surface area contributed by atoms with E-state index in [0.717, 1.165) is 0 Å². The molecule has 0 heterocycles. The Kier molecular flexibility index (Phi) is 158. The third kappa shape index (κ3) is 1940. The lowest BCUT2D eigenvalue weighted by Crippen LogP contribution is -1.81. The van der Waals surface area contributed by atoms with Gasteiger partial charge in [-0.25, -0.2) is 57.5 Å². The quantitative estimate of drug-likeness (QED) is 0.145. The summed E-state index contributed by atoms with van der Waals surface area (Å²) in [6.07, 6.45) is -16.7. The Hall–Kier alpha value is -8.76. The Labute approximate surface area is 308 Å². The van der Waals surface area contributed by atoms with Crippen molar-refractivity contribution in [2.45, 2.75) is 53.4 Å². The fourth-order valence-corrected chi connectivity index (χ4v) is 0. The van der Waals surface area contributed by atoms with Crippen LogP contribution in [0.4, 0.5) is 57.5 Å². The first-order valence-corrected chi connectivity index (χ1v) is 11.6. The molecule has 0 amide bonds. The molecule has 0 radical (unpaired) electrons. The molecule has 0 fully saturated rings. The molecule has 36 nitrogen and oxygen atoms in total. The summed E-state index contributed by atoms with van der Waals surface area (Å²) in [7, 11) is 0. The van der Waals surface area contributed by atoms with E-state index in [1.807, 2.05) is 0 Å². The predicted octanol–water partition coefficient (Wildman–Crippen LogP) is 6.28. The van der Waals surface area contributed by atoms with E-state index in [9.17, 15) is 0 Å². The average Bonchev–Trinajstić information content (AvgIpc) is 2.85. The minimum absolute atomic E-state index is 1.32. The number of unbranched alkanes of at least 4 members (excludes halogenated alkanes) is 2. The maximum atomic E-state index is 8.56. The molecule has 0 aliphatic rings. The second-order valence-electron chi connectivity index (χ2n) is 5.39. The first kappa shape index (κ1) is 91.4. The van der Waals surface area contributed by atoms with Gasteiger partial charge in [0.05, 0.1) is 0 Å². The molecule has 0 aliphatic carbocycles. The topological polar surface area (TPSA) is 690 Å². The highest BCUT2D eigenvalue weighted by Crippen LogP contribution is 1.77. The summed E-state index contributed by atoms with van der Waals surface area (Å²) >= 11 is 0. The molecule has 36 heteroatoms. The Morgan fingerprint density at radius 1 is 0.179 bits per heavy atom. The molecule has 0 aliphatic heterocycles. The lowest BCUT2D eigenvalue weighted by molar-refractivity contribution is 0.135. The molecule has 0 atom stereocenters. The first-order chi connectivity index (χ1) is 24.6. The molecule has 0 aromatic carbocycles. The zero-order chi connectivity index (χ0) is 49.8. The highest BCUT2D eigenvalue weighted by Gasteiger charge is 1.74. The van der Waals surface area contributed by atoms with E-state index in [2.05, 4.69) is 27.7 Å². The van der Waals surface area contributed by atoms with Gasteiger partial charge in [-0.3, -0.25) is 0 Å². The van der Waals surface area contributed by atoms with Gasteiger partial charge in [0.15, 0.2) is 0 Å². The summed E-state index contributed by atoms with van der Waals surface area (Å²) in [6.45, 7) is 8.72. The average molecular weight is 861 g/mol. The fourth-order valence-electron chi connectivity index (χ4n) is 0. The summed E-state index contributed by atoms with van der Waals surface area (Å²) in [6, 6.07) is 0. The van der Waals surface area contributed by atoms with Crippen LogP contribution >= 0.6 is 0 Å². The third-order valence-corrected chi connectivity index (χ3v) is 1.000. The molecule has 24 N–H and O–H groups in total. The van der Waals surface area contributed by atoms with Crippen LogP contribution in [0.25, 0.3) is 0 Å². The van der Waals surface area contributed by atoms with Gasteiger partial charge in [-0.15, -0.1) is 0 Å². The van der Waals surface area contributed by atoms with Gasteiger partial charge in [0.2, 0.25) is 0 Å². The van der Waals surface area contributed by atoms with E-state index in [1.165, 1.54) is 25.7 Å². The number of carboxylic acid groups (broad SMARTS) is 24. The Morgan fingerprint density at radius 2 is 0.196 bits per heavy atom. The molecule has 0 unspecified atom stereocenters. The Balaban J connectivity index is -0.0000000283. The van der Waals surface area contributed by atoms with Crippen LogP contribution in [0.2, 0.25) is 0 Å². The lowest BCUT2D eigenvalue weighted by Gasteiger charge is -1.68. The number of hydrogen-bond donors (Lipinski definition) is 24. The third-order valence-electron chi connectivity index (χ3n) is 1.000. The van der Waals surface area contributed by atoms with Crippen molar-refractivity contribution in [2.24, 2.45) is 0 Å². The highest BCUT2D eigenvalue weighted by molar-refractivity contribution is 5.55. The van der Waals surface area contributed by atoms with E-state index in [-0.39, 0.29) is 0 Å². The first-order valence-electron chi connectivity index (χ1n) is 11.6. The zero-order valence-corrected chi connectivity index (χ0v) is 28.5. The summed E-state index contributed by atoms with van der Waals surface area (Å²) < 4.78 is 0. The Bertz CT molecular complexity index is 640. The van der Waals surface area contributed by atoms with Crippen molar-refractivity contribution < 1.29 is 180 Å². The van der Waals surface area contributed by atoms with E-state index >= 15 is 0 Å². The van der Waals surface area contributed by atoms with Gasteiger partial charge in [0, 0.05) is 0 Å². The van der Waals surface area contributed by atoms with Gasteiger partial charge in [0.25, 0.3) is 0 Å². The van der Waals surface area contributed by atoms with Gasteiger partial charge in [-0.05, 0) is 0 Å². The maximum absolute atomic E-state index is 8.56. The van der Waals surface area contributed by atoms with Crippen molar-refractivity contribution in [3.8, 4) is 0 Å². The number of carbonyl (C=O) groups is 12. The van der Waals surface area contributed by atoms with Gasteiger partial charge in [-0.1, -0.05) is 53.4 Å². The normalized spacial score (nSPS) is 6.21. The van der Waals surface area contributed by atoms with Crippen molar-refractivity contribution in [3.63, 3.8) is 0 Å². The van der Waals surface area contributed by atoms with Crippen LogP contribution in [0.1, 0.15) is 53.4 Å². The predicted molar refractivity (Wildman–Crippen MR) is 169 cm³/mol. The van der Waals surface area contributed by atoms with Gasteiger partial charge in [0.1, 0.15) is 0 Å². The molecular formula is C20H44O36. The molecule has 0 aromatic heterocycles. The highest BCUT2D eigenvalue weighted by atomic mass is 16.6. The molecule has 0 saturated carbocycles. The van der Waals surface area contributed by atoms with Crippen LogP contribution in [-0.4, -0.2) is 196 Å². The van der Waals surface area contributed by atoms with Crippen LogP contribution in [0.15, 0.2) is 0 Å². The van der Waals surface area contributed by atoms with Crippen LogP contribution in [0.5, 0.6) is 0 Å². The molecule has 56 heavy (non-hydrogen) atoms. The number of rotatable bonds is 2. The lowest BCUT2D eigenvalue weighted by atomic mass is 10.4. The van der Waals surface area contributed by atoms with E-state index in [0.29, 0.717) is 0 Å². The molecule has 0 bridgehead atoms. The monoisotopic (exact) mass is 860 g/mol. The largest absolute Gasteiger partial charge is 0.503 e. The van der Waals surface area contributed by atoms with Crippen LogP contribution in [0, 0.1) is 0 Å². The Morgan fingerprint density at radius 3 is 0.196 bits per heavy atom. The van der Waals surface area contributed by atoms with Crippen molar-refractivity contribution in [3.05, 3.63) is 0 Å². The summed E-state index contributed by atoms with van der Waals surface area (Å²) in [4.78, 5) is 103. The number of hydrogen-bond acceptors (Lipinski definition) is 12. The van der Waals surface area contributed by atoms with Crippen LogP contribution in [-0.2, 0) is 0 Å². The maximum Gasteiger partial charge on any atom is 0.503 e. The standard InChI is InChI=1S/2C4H10.12CH2O3/c2*1-3-4-2;12*2-1(3)4/h2*3-4H2,1-2H3;12*(H2,2,3,4). The van der Waals surface area contributed by atoms with Crippen LogP contribution < -0.4 is 0 Å². The van der Waals surface area contributed by atoms with Crippen molar-refractivity contribution >= 4 is 73.9 Å². The smallest absolute Gasteiger partial charge is 0.450 e. The fraction of sp³-hybridized carbons (Fsp3) is 0.400. The zero-order valence-electron chi connectivity index (χ0n) is 28.5. The van der Waals surface area contributed by atoms with Crippen molar-refractivity contribution in [2.75, 3.05) is 0 Å². The molecular weight excluding hydrogens is 816 g/mol. The minimum atomic E-state index is -1.83. The second kappa shape index (κ2) is 97.0. The van der Waals surface area contributed by atoms with Gasteiger partial charge < -0.3 is 123 Å². The SMILES string of the molecule is CCCC.CCCC.O=C(O)O.O=C(O)O.O=C(O)O.O=C(O)O.O=C(O)O.O=C(O)O.O=C(O)O.O=C(O)O.O=C(O)O.O=C(O)O.O=C(O)O.O=C(O)O. The molecule has 0 rings (SSSR count). The van der Waals surface area contributed by atoms with E-state index in [1.54, 1.807) is 0 Å². The summed E-state index contributed by atoms with van der Waals surface area (Å²) in [5.74, 6) is 0. The van der Waals surface area contributed by atoms with Gasteiger partial charge in [-0.2, -0.15) is 0 Å². The molecule has 0 aromatic rings. The van der Waals surface area contributed by atoms with Crippen molar-refractivity contribution in [1.29, 1.82) is 0 Å². The molecule has 340 valence electrons. The summed E-state index contributed by atoms with van der Waals surface area (Å²) in [5, 5.41) is 167. The summed E-state index contributed by atoms with van der Waals surface area (Å²) in [5.41, 5.74) is 0. The van der Waals surface area contributed by atoms with E-state index in [4.69, 9.17) is 180 Å². The van der Waals surface area contributed by atoms with Crippen LogP contribution in [0.3, 0.4) is 0 Å². The second-order valence-corrected chi connectivity index (χ2v) is 5.39. The van der Waals surface area contributed by atoms with Crippen molar-refractivity contribution in [1.82, 2.24) is 0 Å². The molecule has 0 spiro atoms.